The molecular formula is C18H21NO3S. The molecule has 122 valence electrons. The molecule has 1 aromatic heterocycles. The average Bonchev–Trinajstić information content (AvgIpc) is 3.14. The third-order valence-corrected chi connectivity index (χ3v) is 5.17. The van der Waals surface area contributed by atoms with Crippen LogP contribution in [-0.2, 0) is 13.1 Å². The Bertz CT molecular complexity index is 715. The second kappa shape index (κ2) is 6.24. The van der Waals surface area contributed by atoms with E-state index in [-0.39, 0.29) is 11.8 Å². The summed E-state index contributed by atoms with van der Waals surface area (Å²) in [6.45, 7) is 5.53. The Morgan fingerprint density at radius 3 is 2.52 bits per heavy atom. The number of ether oxygens (including phenoxy) is 2. The summed E-state index contributed by atoms with van der Waals surface area (Å²) in [6, 6.07) is 5.82. The number of amides is 1. The molecule has 2 heterocycles. The van der Waals surface area contributed by atoms with Gasteiger partial charge >= 0.3 is 0 Å². The highest BCUT2D eigenvalue weighted by atomic mass is 32.1. The van der Waals surface area contributed by atoms with E-state index in [2.05, 4.69) is 25.3 Å². The van der Waals surface area contributed by atoms with Gasteiger partial charge in [0.15, 0.2) is 0 Å². The van der Waals surface area contributed by atoms with Crippen LogP contribution in [0, 0.1) is 0 Å². The number of hydrogen-bond donors (Lipinski definition) is 0. The topological polar surface area (TPSA) is 38.8 Å². The fourth-order valence-electron chi connectivity index (χ4n) is 2.94. The molecule has 2 aromatic rings. The molecule has 3 rings (SSSR count). The predicted octanol–water partition coefficient (Wildman–Crippen LogP) is 4.04. The number of hydrogen-bond acceptors (Lipinski definition) is 4. The summed E-state index contributed by atoms with van der Waals surface area (Å²) in [7, 11) is 3.22. The van der Waals surface area contributed by atoms with Gasteiger partial charge in [0.05, 0.1) is 26.3 Å². The van der Waals surface area contributed by atoms with E-state index in [1.165, 1.54) is 10.4 Å². The smallest absolute Gasteiger partial charge is 0.258 e. The predicted molar refractivity (Wildman–Crippen MR) is 91.5 cm³/mol. The van der Waals surface area contributed by atoms with Crippen LogP contribution in [0.3, 0.4) is 0 Å². The maximum absolute atomic E-state index is 13.0. The zero-order valence-corrected chi connectivity index (χ0v) is 14.7. The summed E-state index contributed by atoms with van der Waals surface area (Å²) < 4.78 is 10.9. The van der Waals surface area contributed by atoms with Gasteiger partial charge in [-0.15, -0.1) is 11.3 Å². The van der Waals surface area contributed by atoms with Crippen molar-refractivity contribution in [1.29, 1.82) is 0 Å². The van der Waals surface area contributed by atoms with Crippen LogP contribution in [0.4, 0.5) is 0 Å². The highest BCUT2D eigenvalue weighted by Crippen LogP contribution is 2.36. The van der Waals surface area contributed by atoms with Gasteiger partial charge in [-0.3, -0.25) is 4.79 Å². The fraction of sp³-hybridized carbons (Fsp3) is 0.389. The molecule has 23 heavy (non-hydrogen) atoms. The Hall–Kier alpha value is -2.01. The summed E-state index contributed by atoms with van der Waals surface area (Å²) in [4.78, 5) is 16.1. The zero-order valence-electron chi connectivity index (χ0n) is 13.9. The molecule has 0 spiro atoms. The van der Waals surface area contributed by atoms with Gasteiger partial charge < -0.3 is 14.4 Å². The summed E-state index contributed by atoms with van der Waals surface area (Å²) in [5, 5.41) is 2.08. The lowest BCUT2D eigenvalue weighted by Gasteiger charge is -2.20. The molecule has 0 aliphatic carbocycles. The van der Waals surface area contributed by atoms with Gasteiger partial charge in [-0.25, -0.2) is 0 Å². The highest BCUT2D eigenvalue weighted by Gasteiger charge is 2.28. The van der Waals surface area contributed by atoms with Gasteiger partial charge in [-0.2, -0.15) is 0 Å². The van der Waals surface area contributed by atoms with Crippen molar-refractivity contribution < 1.29 is 14.3 Å². The first-order valence-corrected chi connectivity index (χ1v) is 8.53. The van der Waals surface area contributed by atoms with Crippen molar-refractivity contribution in [2.24, 2.45) is 0 Å². The normalized spacial score (nSPS) is 13.3. The number of nitrogens with zero attached hydrogens (tertiary/aromatic N) is 1. The first kappa shape index (κ1) is 15.9. The summed E-state index contributed by atoms with van der Waals surface area (Å²) in [5.74, 6) is 1.60. The van der Waals surface area contributed by atoms with Crippen LogP contribution in [0.2, 0.25) is 0 Å². The van der Waals surface area contributed by atoms with Crippen LogP contribution in [0.1, 0.15) is 46.1 Å². The minimum atomic E-state index is 0.00908. The molecule has 0 saturated heterocycles. The molecule has 0 N–H and O–H groups in total. The molecule has 4 nitrogen and oxygen atoms in total. The molecule has 1 aliphatic heterocycles. The Morgan fingerprint density at radius 1 is 1.17 bits per heavy atom. The van der Waals surface area contributed by atoms with E-state index in [0.717, 1.165) is 11.3 Å². The van der Waals surface area contributed by atoms with Crippen molar-refractivity contribution in [3.05, 3.63) is 45.1 Å². The van der Waals surface area contributed by atoms with Crippen LogP contribution in [-0.4, -0.2) is 25.0 Å². The molecule has 0 fully saturated rings. The van der Waals surface area contributed by atoms with Crippen molar-refractivity contribution in [2.45, 2.75) is 32.9 Å². The molecule has 0 saturated carbocycles. The monoisotopic (exact) mass is 331 g/mol. The number of carbonyl (C=O) groups excluding carboxylic acids is 1. The number of fused-ring (bicyclic) bond motifs is 1. The zero-order chi connectivity index (χ0) is 16.6. The number of thiophene rings is 1. The molecule has 0 unspecified atom stereocenters. The van der Waals surface area contributed by atoms with Gasteiger partial charge in [0.25, 0.3) is 5.91 Å². The summed E-state index contributed by atoms with van der Waals surface area (Å²) >= 11 is 1.71. The van der Waals surface area contributed by atoms with E-state index in [0.29, 0.717) is 24.4 Å². The van der Waals surface area contributed by atoms with E-state index in [4.69, 9.17) is 9.47 Å². The maximum Gasteiger partial charge on any atom is 0.258 e. The van der Waals surface area contributed by atoms with E-state index in [9.17, 15) is 4.79 Å². The fourth-order valence-corrected chi connectivity index (χ4v) is 3.85. The van der Waals surface area contributed by atoms with Gasteiger partial charge in [0.1, 0.15) is 11.5 Å². The maximum atomic E-state index is 13.0. The quantitative estimate of drug-likeness (QED) is 0.848. The lowest BCUT2D eigenvalue weighted by Crippen LogP contribution is -2.26. The van der Waals surface area contributed by atoms with Crippen molar-refractivity contribution >= 4 is 17.2 Å². The van der Waals surface area contributed by atoms with E-state index < -0.39 is 0 Å². The van der Waals surface area contributed by atoms with Crippen molar-refractivity contribution in [2.75, 3.05) is 14.2 Å². The lowest BCUT2D eigenvalue weighted by molar-refractivity contribution is 0.0748. The highest BCUT2D eigenvalue weighted by molar-refractivity contribution is 7.10. The second-order valence-corrected chi connectivity index (χ2v) is 6.98. The minimum absolute atomic E-state index is 0.00908. The average molecular weight is 331 g/mol. The minimum Gasteiger partial charge on any atom is -0.496 e. The van der Waals surface area contributed by atoms with Gasteiger partial charge in [0, 0.05) is 17.5 Å². The third-order valence-electron chi connectivity index (χ3n) is 4.22. The van der Waals surface area contributed by atoms with Crippen LogP contribution < -0.4 is 9.47 Å². The molecule has 5 heteroatoms. The van der Waals surface area contributed by atoms with Crippen molar-refractivity contribution in [1.82, 2.24) is 4.90 Å². The molecule has 1 aliphatic rings. The third kappa shape index (κ3) is 2.81. The van der Waals surface area contributed by atoms with Crippen LogP contribution in [0.15, 0.2) is 23.6 Å². The molecule has 0 radical (unpaired) electrons. The molecular weight excluding hydrogens is 310 g/mol. The lowest BCUT2D eigenvalue weighted by atomic mass is 9.98. The molecule has 1 amide bonds. The van der Waals surface area contributed by atoms with Gasteiger partial charge in [-0.05, 0) is 34.6 Å². The number of benzene rings is 1. The first-order valence-electron chi connectivity index (χ1n) is 7.65. The molecule has 0 bridgehead atoms. The second-order valence-electron chi connectivity index (χ2n) is 5.98. The number of rotatable bonds is 4. The largest absolute Gasteiger partial charge is 0.496 e. The van der Waals surface area contributed by atoms with Gasteiger partial charge in [-0.1, -0.05) is 13.8 Å². The van der Waals surface area contributed by atoms with Crippen molar-refractivity contribution in [3.8, 4) is 11.5 Å². The van der Waals surface area contributed by atoms with Gasteiger partial charge in [0.2, 0.25) is 0 Å². The standard InChI is InChI=1S/C18H21NO3S/c1-11(2)13-7-14(16(22-4)8-15(13)21-3)18(20)19-9-12-5-6-23-17(12)10-19/h5-8,11H,9-10H2,1-4H3. The SMILES string of the molecule is COc1cc(OC)c(C(C)C)cc1C(=O)N1Cc2ccsc2C1. The van der Waals surface area contributed by atoms with Crippen molar-refractivity contribution in [3.63, 3.8) is 0 Å². The number of methoxy groups -OCH3 is 2. The van der Waals surface area contributed by atoms with E-state index in [1.54, 1.807) is 25.6 Å². The Kier molecular flexibility index (Phi) is 4.31. The molecule has 0 atom stereocenters. The first-order chi connectivity index (χ1) is 11.0. The van der Waals surface area contributed by atoms with Crippen LogP contribution in [0.5, 0.6) is 11.5 Å². The summed E-state index contributed by atoms with van der Waals surface area (Å²) in [6.07, 6.45) is 0. The summed E-state index contributed by atoms with van der Waals surface area (Å²) in [5.41, 5.74) is 2.87. The van der Waals surface area contributed by atoms with Crippen LogP contribution >= 0.6 is 11.3 Å². The number of carbonyl (C=O) groups is 1. The Balaban J connectivity index is 1.96. The molecule has 1 aromatic carbocycles. The Labute approximate surface area is 140 Å². The van der Waals surface area contributed by atoms with E-state index >= 15 is 0 Å². The van der Waals surface area contributed by atoms with Crippen LogP contribution in [0.25, 0.3) is 0 Å². The Morgan fingerprint density at radius 2 is 1.91 bits per heavy atom. The van der Waals surface area contributed by atoms with E-state index in [1.807, 2.05) is 17.0 Å².